The first-order valence-electron chi connectivity index (χ1n) is 10.6. The van der Waals surface area contributed by atoms with Crippen LogP contribution in [0.25, 0.3) is 11.1 Å². The number of hydrogen-bond acceptors (Lipinski definition) is 6. The van der Waals surface area contributed by atoms with Crippen molar-refractivity contribution in [3.05, 3.63) is 59.7 Å². The SMILES string of the molecule is COC(CNC(=O)OCC1c2ccccc2-c2ccccc21)CC(=O)N[C@H](C(=O)O)[C@@H](C)O. The molecule has 4 N–H and O–H groups in total. The lowest BCUT2D eigenvalue weighted by Gasteiger charge is -2.20. The van der Waals surface area contributed by atoms with Gasteiger partial charge in [-0.15, -0.1) is 0 Å². The molecule has 2 aromatic rings. The number of alkyl carbamates (subject to hydrolysis) is 1. The zero-order chi connectivity index (χ0) is 24.0. The van der Waals surface area contributed by atoms with Crippen LogP contribution in [-0.4, -0.2) is 66.7 Å². The van der Waals surface area contributed by atoms with Crippen molar-refractivity contribution in [2.75, 3.05) is 20.3 Å². The number of rotatable bonds is 10. The van der Waals surface area contributed by atoms with Gasteiger partial charge in [-0.25, -0.2) is 9.59 Å². The van der Waals surface area contributed by atoms with Crippen molar-refractivity contribution < 1.29 is 34.1 Å². The van der Waals surface area contributed by atoms with Crippen molar-refractivity contribution in [2.45, 2.75) is 37.5 Å². The van der Waals surface area contributed by atoms with Crippen LogP contribution in [0, 0.1) is 0 Å². The van der Waals surface area contributed by atoms with E-state index in [1.165, 1.54) is 14.0 Å². The largest absolute Gasteiger partial charge is 0.480 e. The zero-order valence-electron chi connectivity index (χ0n) is 18.5. The van der Waals surface area contributed by atoms with E-state index in [0.717, 1.165) is 22.3 Å². The van der Waals surface area contributed by atoms with Crippen LogP contribution in [0.1, 0.15) is 30.4 Å². The Hall–Kier alpha value is -3.43. The molecule has 9 heteroatoms. The number of carbonyl (C=O) groups excluding carboxylic acids is 2. The number of carbonyl (C=O) groups is 3. The van der Waals surface area contributed by atoms with Gasteiger partial charge in [0.2, 0.25) is 5.91 Å². The number of aliphatic hydroxyl groups is 1. The molecule has 0 saturated carbocycles. The van der Waals surface area contributed by atoms with Crippen molar-refractivity contribution in [2.24, 2.45) is 0 Å². The summed E-state index contributed by atoms with van der Waals surface area (Å²) < 4.78 is 10.7. The van der Waals surface area contributed by atoms with Gasteiger partial charge in [0, 0.05) is 19.6 Å². The summed E-state index contributed by atoms with van der Waals surface area (Å²) in [4.78, 5) is 35.5. The lowest BCUT2D eigenvalue weighted by atomic mass is 9.98. The molecule has 176 valence electrons. The van der Waals surface area contributed by atoms with Gasteiger partial charge in [-0.2, -0.15) is 0 Å². The highest BCUT2D eigenvalue weighted by Crippen LogP contribution is 2.44. The molecule has 9 nitrogen and oxygen atoms in total. The van der Waals surface area contributed by atoms with Crippen molar-refractivity contribution in [1.82, 2.24) is 10.6 Å². The minimum atomic E-state index is -1.43. The Balaban J connectivity index is 1.51. The number of aliphatic hydroxyl groups excluding tert-OH is 1. The van der Waals surface area contributed by atoms with Gasteiger partial charge in [-0.05, 0) is 29.2 Å². The average molecular weight is 456 g/mol. The van der Waals surface area contributed by atoms with Crippen LogP contribution in [0.2, 0.25) is 0 Å². The summed E-state index contributed by atoms with van der Waals surface area (Å²) in [5.41, 5.74) is 4.46. The number of methoxy groups -OCH3 is 1. The fourth-order valence-corrected chi connectivity index (χ4v) is 3.91. The second-order valence-electron chi connectivity index (χ2n) is 7.89. The summed E-state index contributed by atoms with van der Waals surface area (Å²) in [6.45, 7) is 1.42. The van der Waals surface area contributed by atoms with E-state index in [9.17, 15) is 19.5 Å². The molecule has 3 rings (SSSR count). The van der Waals surface area contributed by atoms with Gasteiger partial charge in [0.05, 0.1) is 18.6 Å². The third-order valence-electron chi connectivity index (χ3n) is 5.63. The van der Waals surface area contributed by atoms with E-state index in [2.05, 4.69) is 22.8 Å². The predicted molar refractivity (Wildman–Crippen MR) is 120 cm³/mol. The average Bonchev–Trinajstić information content (AvgIpc) is 3.12. The highest BCUT2D eigenvalue weighted by atomic mass is 16.5. The van der Waals surface area contributed by atoms with Crippen LogP contribution in [-0.2, 0) is 19.1 Å². The summed E-state index contributed by atoms with van der Waals surface area (Å²) in [5.74, 6) is -2.03. The molecule has 0 heterocycles. The maximum absolute atomic E-state index is 12.3. The first kappa shape index (κ1) is 24.2. The fourth-order valence-electron chi connectivity index (χ4n) is 3.91. The van der Waals surface area contributed by atoms with E-state index in [-0.39, 0.29) is 25.5 Å². The summed E-state index contributed by atoms with van der Waals surface area (Å²) in [6.07, 6.45) is -2.80. The van der Waals surface area contributed by atoms with Crippen molar-refractivity contribution >= 4 is 18.0 Å². The van der Waals surface area contributed by atoms with Gasteiger partial charge in [0.15, 0.2) is 6.04 Å². The maximum atomic E-state index is 12.3. The van der Waals surface area contributed by atoms with E-state index in [1.54, 1.807) is 0 Å². The topological polar surface area (TPSA) is 134 Å². The number of nitrogens with one attached hydrogen (secondary N) is 2. The van der Waals surface area contributed by atoms with Gasteiger partial charge >= 0.3 is 12.1 Å². The molecule has 0 radical (unpaired) electrons. The van der Waals surface area contributed by atoms with Crippen LogP contribution in [0.3, 0.4) is 0 Å². The molecule has 3 atom stereocenters. The Morgan fingerprint density at radius 2 is 1.61 bits per heavy atom. The predicted octanol–water partition coefficient (Wildman–Crippen LogP) is 1.88. The minimum absolute atomic E-state index is 0.00693. The highest BCUT2D eigenvalue weighted by Gasteiger charge is 2.29. The molecular weight excluding hydrogens is 428 g/mol. The fraction of sp³-hybridized carbons (Fsp3) is 0.375. The van der Waals surface area contributed by atoms with E-state index in [4.69, 9.17) is 14.6 Å². The van der Waals surface area contributed by atoms with Gasteiger partial charge in [-0.3, -0.25) is 4.79 Å². The standard InChI is InChI=1S/C24H28N2O7/c1-14(27)22(23(29)30)26-21(28)11-15(32-2)12-25-24(31)33-13-20-18-9-5-3-7-16(18)17-8-4-6-10-19(17)20/h3-10,14-15,20,22,27H,11-13H2,1-2H3,(H,25,31)(H,26,28)(H,29,30)/t14-,15?,22+/m1/s1. The van der Waals surface area contributed by atoms with E-state index in [1.807, 2.05) is 36.4 Å². The number of hydrogen-bond donors (Lipinski definition) is 4. The van der Waals surface area contributed by atoms with Crippen LogP contribution in [0.15, 0.2) is 48.5 Å². The molecule has 2 aromatic carbocycles. The first-order chi connectivity index (χ1) is 15.8. The number of fused-ring (bicyclic) bond motifs is 3. The molecule has 1 unspecified atom stereocenters. The smallest absolute Gasteiger partial charge is 0.407 e. The summed E-state index contributed by atoms with van der Waals surface area (Å²) >= 11 is 0. The van der Waals surface area contributed by atoms with Gasteiger partial charge in [-0.1, -0.05) is 48.5 Å². The number of carboxylic acids is 1. The van der Waals surface area contributed by atoms with Crippen LogP contribution < -0.4 is 10.6 Å². The van der Waals surface area contributed by atoms with E-state index in [0.29, 0.717) is 0 Å². The van der Waals surface area contributed by atoms with Gasteiger partial charge < -0.3 is 30.3 Å². The molecule has 0 spiro atoms. The number of aliphatic carboxylic acids is 1. The molecule has 1 aliphatic rings. The molecule has 0 bridgehead atoms. The number of benzene rings is 2. The zero-order valence-corrected chi connectivity index (χ0v) is 18.5. The molecule has 0 aromatic heterocycles. The third-order valence-corrected chi connectivity index (χ3v) is 5.63. The molecule has 1 aliphatic carbocycles. The molecule has 33 heavy (non-hydrogen) atoms. The van der Waals surface area contributed by atoms with Crippen LogP contribution >= 0.6 is 0 Å². The third kappa shape index (κ3) is 5.88. The van der Waals surface area contributed by atoms with Gasteiger partial charge in [0.25, 0.3) is 0 Å². The maximum Gasteiger partial charge on any atom is 0.407 e. The van der Waals surface area contributed by atoms with E-state index < -0.39 is 36.2 Å². The Kier molecular flexibility index (Phi) is 8.02. The summed E-state index contributed by atoms with van der Waals surface area (Å²) in [5, 5.41) is 23.3. The molecule has 0 aliphatic heterocycles. The second-order valence-corrected chi connectivity index (χ2v) is 7.89. The molecule has 0 saturated heterocycles. The Morgan fingerprint density at radius 1 is 1.03 bits per heavy atom. The first-order valence-corrected chi connectivity index (χ1v) is 10.6. The van der Waals surface area contributed by atoms with Crippen molar-refractivity contribution in [3.8, 4) is 11.1 Å². The number of carboxylic acid groups (broad SMARTS) is 1. The Bertz CT molecular complexity index is 962. The van der Waals surface area contributed by atoms with Gasteiger partial charge in [0.1, 0.15) is 6.61 Å². The van der Waals surface area contributed by atoms with Crippen molar-refractivity contribution in [3.63, 3.8) is 0 Å². The van der Waals surface area contributed by atoms with E-state index >= 15 is 0 Å². The van der Waals surface area contributed by atoms with Crippen molar-refractivity contribution in [1.29, 1.82) is 0 Å². The second kappa shape index (κ2) is 10.9. The highest BCUT2D eigenvalue weighted by molar-refractivity contribution is 5.84. The lowest BCUT2D eigenvalue weighted by molar-refractivity contribution is -0.145. The molecule has 2 amide bonds. The van der Waals surface area contributed by atoms with Crippen LogP contribution in [0.5, 0.6) is 0 Å². The Labute approximate surface area is 191 Å². The monoisotopic (exact) mass is 456 g/mol. The number of ether oxygens (including phenoxy) is 2. The number of amides is 2. The van der Waals surface area contributed by atoms with Crippen LogP contribution in [0.4, 0.5) is 4.79 Å². The Morgan fingerprint density at radius 3 is 2.12 bits per heavy atom. The molecular formula is C24H28N2O7. The lowest BCUT2D eigenvalue weighted by Crippen LogP contribution is -2.49. The summed E-state index contributed by atoms with van der Waals surface area (Å²) in [6, 6.07) is 14.6. The molecule has 0 fully saturated rings. The quantitative estimate of drug-likeness (QED) is 0.429. The minimum Gasteiger partial charge on any atom is -0.480 e. The summed E-state index contributed by atoms with van der Waals surface area (Å²) in [7, 11) is 1.38. The normalized spacial score (nSPS) is 15.0.